The molecule has 2 aromatic rings. The number of amides is 3. The van der Waals surface area contributed by atoms with Crippen molar-refractivity contribution in [3.05, 3.63) is 59.7 Å². The number of hydrogen-bond donors (Lipinski definition) is 3. The Morgan fingerprint density at radius 1 is 1.04 bits per heavy atom. The number of anilines is 2. The summed E-state index contributed by atoms with van der Waals surface area (Å²) in [6.07, 6.45) is 0.432. The molecule has 0 aromatic heterocycles. The third-order valence-electron chi connectivity index (χ3n) is 4.28. The van der Waals surface area contributed by atoms with Crippen molar-refractivity contribution in [3.8, 4) is 0 Å². The first kappa shape index (κ1) is 18.1. The standard InChI is InChI=1S/C19H18N4O4/c20-18(21)13-4-8-15(9-5-13)23-16(24)11-22(19(23)27)14-6-1-12(2-7-14)3-10-17(25)26/h1-2,4-9H,3,10-11H2,(H3,20,21)(H,25,26). The molecule has 1 saturated heterocycles. The molecular weight excluding hydrogens is 348 g/mol. The van der Waals surface area contributed by atoms with Gasteiger partial charge in [0.2, 0.25) is 0 Å². The monoisotopic (exact) mass is 366 g/mol. The lowest BCUT2D eigenvalue weighted by atomic mass is 10.1. The minimum atomic E-state index is -0.870. The summed E-state index contributed by atoms with van der Waals surface area (Å²) in [5, 5.41) is 16.1. The summed E-state index contributed by atoms with van der Waals surface area (Å²) in [5.74, 6) is -1.32. The molecule has 8 nitrogen and oxygen atoms in total. The topological polar surface area (TPSA) is 128 Å². The molecule has 1 heterocycles. The SMILES string of the molecule is N=C(N)c1ccc(N2C(=O)CN(c3ccc(CCC(=O)O)cc3)C2=O)cc1. The second-order valence-corrected chi connectivity index (χ2v) is 6.12. The minimum Gasteiger partial charge on any atom is -0.481 e. The average molecular weight is 366 g/mol. The van der Waals surface area contributed by atoms with E-state index < -0.39 is 12.0 Å². The zero-order valence-corrected chi connectivity index (χ0v) is 14.4. The first-order chi connectivity index (χ1) is 12.9. The Bertz CT molecular complexity index is 906. The number of nitrogens with zero attached hydrogens (tertiary/aromatic N) is 2. The van der Waals surface area contributed by atoms with Crippen molar-refractivity contribution >= 4 is 35.1 Å². The van der Waals surface area contributed by atoms with Crippen LogP contribution in [0.4, 0.5) is 16.2 Å². The smallest absolute Gasteiger partial charge is 0.336 e. The highest BCUT2D eigenvalue weighted by atomic mass is 16.4. The van der Waals surface area contributed by atoms with Gasteiger partial charge in [0.15, 0.2) is 0 Å². The zero-order chi connectivity index (χ0) is 19.6. The van der Waals surface area contributed by atoms with E-state index in [1.54, 1.807) is 48.5 Å². The van der Waals surface area contributed by atoms with Crippen LogP contribution in [-0.4, -0.2) is 35.4 Å². The van der Waals surface area contributed by atoms with Gasteiger partial charge in [-0.1, -0.05) is 12.1 Å². The molecule has 0 radical (unpaired) electrons. The lowest BCUT2D eigenvalue weighted by Gasteiger charge is -2.17. The van der Waals surface area contributed by atoms with Gasteiger partial charge in [-0.3, -0.25) is 19.9 Å². The van der Waals surface area contributed by atoms with Gasteiger partial charge in [0.05, 0.1) is 5.69 Å². The van der Waals surface area contributed by atoms with Crippen LogP contribution in [0.2, 0.25) is 0 Å². The molecule has 0 saturated carbocycles. The van der Waals surface area contributed by atoms with Crippen molar-refractivity contribution < 1.29 is 19.5 Å². The highest BCUT2D eigenvalue weighted by Crippen LogP contribution is 2.26. The van der Waals surface area contributed by atoms with E-state index in [9.17, 15) is 14.4 Å². The number of carbonyl (C=O) groups is 3. The molecule has 1 fully saturated rings. The van der Waals surface area contributed by atoms with Crippen molar-refractivity contribution in [2.45, 2.75) is 12.8 Å². The van der Waals surface area contributed by atoms with Gasteiger partial charge in [0.25, 0.3) is 5.91 Å². The minimum absolute atomic E-state index is 0.0323. The summed E-state index contributed by atoms with van der Waals surface area (Å²) in [7, 11) is 0. The highest BCUT2D eigenvalue weighted by molar-refractivity contribution is 6.27. The van der Waals surface area contributed by atoms with Crippen molar-refractivity contribution in [1.29, 1.82) is 5.41 Å². The van der Waals surface area contributed by atoms with E-state index in [0.717, 1.165) is 10.5 Å². The van der Waals surface area contributed by atoms with Crippen LogP contribution in [0.3, 0.4) is 0 Å². The highest BCUT2D eigenvalue weighted by Gasteiger charge is 2.37. The third-order valence-corrected chi connectivity index (χ3v) is 4.28. The van der Waals surface area contributed by atoms with E-state index in [1.165, 1.54) is 4.90 Å². The number of carboxylic acids is 1. The molecule has 3 rings (SSSR count). The van der Waals surface area contributed by atoms with Crippen LogP contribution >= 0.6 is 0 Å². The molecule has 138 valence electrons. The quantitative estimate of drug-likeness (QED) is 0.409. The van der Waals surface area contributed by atoms with Crippen molar-refractivity contribution in [2.75, 3.05) is 16.3 Å². The van der Waals surface area contributed by atoms with Crippen molar-refractivity contribution in [2.24, 2.45) is 5.73 Å². The molecule has 8 heteroatoms. The Morgan fingerprint density at radius 2 is 1.63 bits per heavy atom. The number of urea groups is 1. The summed E-state index contributed by atoms with van der Waals surface area (Å²) in [5.41, 5.74) is 7.74. The third kappa shape index (κ3) is 3.79. The van der Waals surface area contributed by atoms with E-state index in [4.69, 9.17) is 16.2 Å². The molecule has 2 aromatic carbocycles. The number of rotatable bonds is 6. The number of amidine groups is 1. The van der Waals surface area contributed by atoms with E-state index in [0.29, 0.717) is 23.4 Å². The number of nitrogens with one attached hydrogen (secondary N) is 1. The maximum atomic E-state index is 12.7. The second-order valence-electron chi connectivity index (χ2n) is 6.12. The molecule has 0 spiro atoms. The number of carboxylic acid groups (broad SMARTS) is 1. The summed E-state index contributed by atoms with van der Waals surface area (Å²) >= 11 is 0. The fourth-order valence-corrected chi connectivity index (χ4v) is 2.84. The number of aliphatic carboxylic acids is 1. The molecule has 0 atom stereocenters. The number of aryl methyl sites for hydroxylation is 1. The molecule has 4 N–H and O–H groups in total. The predicted octanol–water partition coefficient (Wildman–Crippen LogP) is 1.96. The number of hydrogen-bond acceptors (Lipinski definition) is 4. The van der Waals surface area contributed by atoms with Gasteiger partial charge in [-0.15, -0.1) is 0 Å². The molecule has 0 bridgehead atoms. The molecule has 0 aliphatic carbocycles. The number of benzene rings is 2. The molecule has 1 aliphatic heterocycles. The lowest BCUT2D eigenvalue weighted by molar-refractivity contribution is -0.137. The van der Waals surface area contributed by atoms with Gasteiger partial charge in [0.1, 0.15) is 12.4 Å². The average Bonchev–Trinajstić information content (AvgIpc) is 2.95. The van der Waals surface area contributed by atoms with Crippen LogP contribution in [0.15, 0.2) is 48.5 Å². The first-order valence-corrected chi connectivity index (χ1v) is 8.26. The number of carbonyl (C=O) groups excluding carboxylic acids is 2. The van der Waals surface area contributed by atoms with Crippen molar-refractivity contribution in [3.63, 3.8) is 0 Å². The Morgan fingerprint density at radius 3 is 2.19 bits per heavy atom. The Kier molecular flexibility index (Phi) is 4.89. The molecule has 3 amide bonds. The van der Waals surface area contributed by atoms with Gasteiger partial charge in [-0.05, 0) is 48.4 Å². The lowest BCUT2D eigenvalue weighted by Crippen LogP contribution is -2.33. The van der Waals surface area contributed by atoms with Crippen LogP contribution in [0.1, 0.15) is 17.5 Å². The number of nitrogen functional groups attached to an aromatic ring is 1. The molecular formula is C19H18N4O4. The maximum Gasteiger partial charge on any atom is 0.336 e. The summed E-state index contributed by atoms with van der Waals surface area (Å²) in [4.78, 5) is 38.2. The fourth-order valence-electron chi connectivity index (χ4n) is 2.84. The number of nitrogens with two attached hydrogens (primary N) is 1. The summed E-state index contributed by atoms with van der Waals surface area (Å²) in [6, 6.07) is 12.7. The Balaban J connectivity index is 1.77. The van der Waals surface area contributed by atoms with Crippen LogP contribution in [0, 0.1) is 5.41 Å². The van der Waals surface area contributed by atoms with E-state index in [-0.39, 0.29) is 24.7 Å². The zero-order valence-electron chi connectivity index (χ0n) is 14.4. The largest absolute Gasteiger partial charge is 0.481 e. The molecule has 1 aliphatic rings. The van der Waals surface area contributed by atoms with Crippen LogP contribution in [0.25, 0.3) is 0 Å². The second kappa shape index (κ2) is 7.28. The first-order valence-electron chi connectivity index (χ1n) is 8.26. The Labute approximate surface area is 155 Å². The van der Waals surface area contributed by atoms with E-state index in [2.05, 4.69) is 0 Å². The van der Waals surface area contributed by atoms with Crippen LogP contribution in [-0.2, 0) is 16.0 Å². The van der Waals surface area contributed by atoms with Gasteiger partial charge < -0.3 is 10.8 Å². The van der Waals surface area contributed by atoms with Gasteiger partial charge in [0, 0.05) is 17.7 Å². The molecule has 0 unspecified atom stereocenters. The van der Waals surface area contributed by atoms with Crippen LogP contribution < -0.4 is 15.5 Å². The van der Waals surface area contributed by atoms with E-state index in [1.807, 2.05) is 0 Å². The van der Waals surface area contributed by atoms with Gasteiger partial charge in [-0.25, -0.2) is 9.69 Å². The van der Waals surface area contributed by atoms with Gasteiger partial charge >= 0.3 is 12.0 Å². The van der Waals surface area contributed by atoms with E-state index >= 15 is 0 Å². The molecule has 27 heavy (non-hydrogen) atoms. The number of imide groups is 1. The predicted molar refractivity (Wildman–Crippen MR) is 100 cm³/mol. The Hall–Kier alpha value is -3.68. The fraction of sp³-hybridized carbons (Fsp3) is 0.158. The summed E-state index contributed by atoms with van der Waals surface area (Å²) in [6.45, 7) is -0.0816. The normalized spacial score (nSPS) is 13.9. The maximum absolute atomic E-state index is 12.7. The van der Waals surface area contributed by atoms with Crippen molar-refractivity contribution in [1.82, 2.24) is 0 Å². The van der Waals surface area contributed by atoms with Crippen LogP contribution in [0.5, 0.6) is 0 Å². The summed E-state index contributed by atoms with van der Waals surface area (Å²) < 4.78 is 0. The van der Waals surface area contributed by atoms with Gasteiger partial charge in [-0.2, -0.15) is 0 Å².